The molecule has 0 heterocycles. The standard InChI is InChI=1S/C15H25N3O3.HI/c1-5-15(19,6-2)10-17-14(16)18-11-7-8-12(20-3)13(9-11)21-4;/h7-9,19H,5-6,10H2,1-4H3,(H3,16,17,18);1H. The highest BCUT2D eigenvalue weighted by Crippen LogP contribution is 2.29. The van der Waals surface area contributed by atoms with Gasteiger partial charge in [0.2, 0.25) is 0 Å². The van der Waals surface area contributed by atoms with E-state index in [1.807, 2.05) is 19.9 Å². The quantitative estimate of drug-likeness (QED) is 0.357. The summed E-state index contributed by atoms with van der Waals surface area (Å²) in [4.78, 5) is 4.19. The molecule has 22 heavy (non-hydrogen) atoms. The molecule has 0 saturated carbocycles. The molecule has 0 aliphatic carbocycles. The molecule has 0 radical (unpaired) electrons. The molecule has 0 amide bonds. The average molecular weight is 423 g/mol. The molecule has 0 aliphatic heterocycles. The molecule has 4 N–H and O–H groups in total. The molecule has 0 unspecified atom stereocenters. The van der Waals surface area contributed by atoms with Crippen LogP contribution in [0.15, 0.2) is 23.2 Å². The lowest BCUT2D eigenvalue weighted by Crippen LogP contribution is -2.33. The monoisotopic (exact) mass is 423 g/mol. The smallest absolute Gasteiger partial charge is 0.193 e. The minimum Gasteiger partial charge on any atom is -0.493 e. The van der Waals surface area contributed by atoms with E-state index in [4.69, 9.17) is 15.2 Å². The van der Waals surface area contributed by atoms with Crippen LogP contribution in [0.5, 0.6) is 11.5 Å². The van der Waals surface area contributed by atoms with Crippen LogP contribution in [0.4, 0.5) is 5.69 Å². The van der Waals surface area contributed by atoms with E-state index in [0.717, 1.165) is 5.69 Å². The van der Waals surface area contributed by atoms with Crippen molar-refractivity contribution in [3.63, 3.8) is 0 Å². The van der Waals surface area contributed by atoms with Gasteiger partial charge in [0.1, 0.15) is 0 Å². The van der Waals surface area contributed by atoms with E-state index in [2.05, 4.69) is 10.3 Å². The number of anilines is 1. The van der Waals surface area contributed by atoms with Crippen LogP contribution in [0.25, 0.3) is 0 Å². The van der Waals surface area contributed by atoms with Crippen molar-refractivity contribution < 1.29 is 14.6 Å². The summed E-state index contributed by atoms with van der Waals surface area (Å²) in [5.41, 5.74) is 5.78. The Morgan fingerprint density at radius 1 is 1.23 bits per heavy atom. The fourth-order valence-electron chi connectivity index (χ4n) is 1.81. The van der Waals surface area contributed by atoms with Crippen LogP contribution in [0.2, 0.25) is 0 Å². The minimum absolute atomic E-state index is 0. The number of benzene rings is 1. The van der Waals surface area contributed by atoms with E-state index in [1.165, 1.54) is 0 Å². The van der Waals surface area contributed by atoms with E-state index >= 15 is 0 Å². The molecule has 1 aromatic rings. The minimum atomic E-state index is -0.802. The number of rotatable bonds is 7. The van der Waals surface area contributed by atoms with Crippen molar-refractivity contribution in [2.24, 2.45) is 10.7 Å². The Hall–Kier alpha value is -1.22. The number of hydrogen-bond acceptors (Lipinski definition) is 4. The first kappa shape index (κ1) is 20.8. The van der Waals surface area contributed by atoms with E-state index in [1.54, 1.807) is 26.4 Å². The van der Waals surface area contributed by atoms with Crippen LogP contribution >= 0.6 is 24.0 Å². The Morgan fingerprint density at radius 2 is 1.82 bits per heavy atom. The Balaban J connectivity index is 0.00000441. The van der Waals surface area contributed by atoms with Gasteiger partial charge in [-0.05, 0) is 25.0 Å². The van der Waals surface area contributed by atoms with Crippen molar-refractivity contribution in [2.45, 2.75) is 32.3 Å². The average Bonchev–Trinajstić information content (AvgIpc) is 2.52. The molecule has 0 aliphatic rings. The normalized spacial score (nSPS) is 11.6. The lowest BCUT2D eigenvalue weighted by Gasteiger charge is -2.22. The van der Waals surface area contributed by atoms with Gasteiger partial charge >= 0.3 is 0 Å². The molecule has 7 heteroatoms. The van der Waals surface area contributed by atoms with Gasteiger partial charge < -0.3 is 25.6 Å². The fourth-order valence-corrected chi connectivity index (χ4v) is 1.81. The van der Waals surface area contributed by atoms with Crippen molar-refractivity contribution >= 4 is 35.6 Å². The fraction of sp³-hybridized carbons (Fsp3) is 0.533. The molecule has 1 aromatic carbocycles. The maximum absolute atomic E-state index is 10.2. The summed E-state index contributed by atoms with van der Waals surface area (Å²) in [6.07, 6.45) is 1.27. The third kappa shape index (κ3) is 5.88. The highest BCUT2D eigenvalue weighted by atomic mass is 127. The zero-order chi connectivity index (χ0) is 15.9. The van der Waals surface area contributed by atoms with E-state index in [0.29, 0.717) is 24.3 Å². The van der Waals surface area contributed by atoms with Gasteiger partial charge in [-0.2, -0.15) is 0 Å². The van der Waals surface area contributed by atoms with E-state index in [9.17, 15) is 5.11 Å². The van der Waals surface area contributed by atoms with Crippen LogP contribution in [0.1, 0.15) is 26.7 Å². The predicted molar refractivity (Wildman–Crippen MR) is 101 cm³/mol. The number of hydrogen-bond donors (Lipinski definition) is 3. The summed E-state index contributed by atoms with van der Waals surface area (Å²) in [5, 5.41) is 13.1. The molecule has 0 aromatic heterocycles. The number of nitrogens with one attached hydrogen (secondary N) is 1. The van der Waals surface area contributed by atoms with Gasteiger partial charge in [-0.25, -0.2) is 0 Å². The number of nitrogens with zero attached hydrogens (tertiary/aromatic N) is 1. The lowest BCUT2D eigenvalue weighted by molar-refractivity contribution is 0.0419. The van der Waals surface area contributed by atoms with Crippen molar-refractivity contribution in [2.75, 3.05) is 26.1 Å². The molecule has 0 spiro atoms. The molecular weight excluding hydrogens is 397 g/mol. The summed E-state index contributed by atoms with van der Waals surface area (Å²) in [7, 11) is 3.15. The highest BCUT2D eigenvalue weighted by molar-refractivity contribution is 14.0. The maximum Gasteiger partial charge on any atom is 0.193 e. The largest absolute Gasteiger partial charge is 0.493 e. The van der Waals surface area contributed by atoms with Crippen LogP contribution in [-0.4, -0.2) is 37.4 Å². The number of nitrogens with two attached hydrogens (primary N) is 1. The number of ether oxygens (including phenoxy) is 2. The van der Waals surface area contributed by atoms with Gasteiger partial charge in [0.05, 0.1) is 26.4 Å². The molecular formula is C15H26IN3O3. The molecule has 0 fully saturated rings. The van der Waals surface area contributed by atoms with Crippen LogP contribution < -0.4 is 20.5 Å². The van der Waals surface area contributed by atoms with Gasteiger partial charge in [-0.1, -0.05) is 13.8 Å². The third-order valence-corrected chi connectivity index (χ3v) is 3.52. The number of methoxy groups -OCH3 is 2. The van der Waals surface area contributed by atoms with Crippen LogP contribution in [-0.2, 0) is 0 Å². The number of aliphatic hydroxyl groups is 1. The SMILES string of the molecule is CCC(O)(CC)CN=C(N)Nc1ccc(OC)c(OC)c1.I. The van der Waals surface area contributed by atoms with Crippen molar-refractivity contribution in [1.29, 1.82) is 0 Å². The van der Waals surface area contributed by atoms with Gasteiger partial charge in [0.25, 0.3) is 0 Å². The first-order valence-electron chi connectivity index (χ1n) is 6.99. The summed E-state index contributed by atoms with van der Waals surface area (Å²) < 4.78 is 10.4. The van der Waals surface area contributed by atoms with Gasteiger partial charge in [0, 0.05) is 11.8 Å². The predicted octanol–water partition coefficient (Wildman–Crippen LogP) is 2.60. The number of halogens is 1. The lowest BCUT2D eigenvalue weighted by atomic mass is 9.98. The molecule has 0 atom stereocenters. The van der Waals surface area contributed by atoms with Gasteiger partial charge in [-0.3, -0.25) is 4.99 Å². The highest BCUT2D eigenvalue weighted by Gasteiger charge is 2.21. The second-order valence-corrected chi connectivity index (χ2v) is 4.83. The van der Waals surface area contributed by atoms with Crippen LogP contribution in [0.3, 0.4) is 0 Å². The van der Waals surface area contributed by atoms with Crippen LogP contribution in [0, 0.1) is 0 Å². The summed E-state index contributed by atoms with van der Waals surface area (Å²) >= 11 is 0. The van der Waals surface area contributed by atoms with Gasteiger partial charge in [0.15, 0.2) is 17.5 Å². The zero-order valence-corrected chi connectivity index (χ0v) is 15.9. The second kappa shape index (κ2) is 9.73. The van der Waals surface area contributed by atoms with Crippen molar-refractivity contribution in [3.05, 3.63) is 18.2 Å². The van der Waals surface area contributed by atoms with E-state index in [-0.39, 0.29) is 36.5 Å². The topological polar surface area (TPSA) is 89.1 Å². The number of guanidine groups is 1. The second-order valence-electron chi connectivity index (χ2n) is 4.83. The Kier molecular flexibility index (Phi) is 9.19. The third-order valence-electron chi connectivity index (χ3n) is 3.52. The first-order valence-corrected chi connectivity index (χ1v) is 6.99. The molecule has 0 bridgehead atoms. The summed E-state index contributed by atoms with van der Waals surface area (Å²) in [6, 6.07) is 5.37. The molecule has 6 nitrogen and oxygen atoms in total. The summed E-state index contributed by atoms with van der Waals surface area (Å²) in [6.45, 7) is 4.13. The Labute approximate surface area is 149 Å². The molecule has 1 rings (SSSR count). The van der Waals surface area contributed by atoms with Crippen molar-refractivity contribution in [3.8, 4) is 11.5 Å². The zero-order valence-electron chi connectivity index (χ0n) is 13.5. The van der Waals surface area contributed by atoms with Crippen molar-refractivity contribution in [1.82, 2.24) is 0 Å². The molecule has 0 saturated heterocycles. The number of aliphatic imine (C=N–C) groups is 1. The first-order chi connectivity index (χ1) is 9.97. The molecule has 126 valence electrons. The maximum atomic E-state index is 10.2. The Bertz CT molecular complexity index is 491. The summed E-state index contributed by atoms with van der Waals surface area (Å²) in [5.74, 6) is 1.50. The Morgan fingerprint density at radius 3 is 2.32 bits per heavy atom. The van der Waals surface area contributed by atoms with Gasteiger partial charge in [-0.15, -0.1) is 24.0 Å². The van der Waals surface area contributed by atoms with E-state index < -0.39 is 5.60 Å².